The van der Waals surface area contributed by atoms with E-state index in [1.807, 2.05) is 0 Å². The molecule has 1 aliphatic rings. The van der Waals surface area contributed by atoms with Crippen molar-refractivity contribution in [2.45, 2.75) is 43.3 Å². The molecule has 1 saturated heterocycles. The van der Waals surface area contributed by atoms with Gasteiger partial charge in [0.15, 0.2) is 6.61 Å². The van der Waals surface area contributed by atoms with Crippen molar-refractivity contribution in [1.29, 1.82) is 0 Å². The number of thioether (sulfide) groups is 1. The highest BCUT2D eigenvalue weighted by Gasteiger charge is 2.54. The zero-order chi connectivity index (χ0) is 27.3. The van der Waals surface area contributed by atoms with Crippen LogP contribution in [0.2, 0.25) is 0 Å². The molecule has 3 rings (SSSR count). The second kappa shape index (κ2) is 11.6. The first-order valence-corrected chi connectivity index (χ1v) is 12.3. The Bertz CT molecular complexity index is 1190. The number of nitro groups is 1. The maximum absolute atomic E-state index is 12.9. The monoisotopic (exact) mass is 549 g/mol. The van der Waals surface area contributed by atoms with Crippen LogP contribution in [0, 0.1) is 10.1 Å². The lowest BCUT2D eigenvalue weighted by Gasteiger charge is -2.47. The third-order valence-corrected chi connectivity index (χ3v) is 6.48. The van der Waals surface area contributed by atoms with Gasteiger partial charge in [-0.1, -0.05) is 41.6 Å². The predicted octanol–water partition coefficient (Wildman–Crippen LogP) is 3.11. The van der Waals surface area contributed by atoms with E-state index in [9.17, 15) is 29.3 Å². The van der Waals surface area contributed by atoms with Gasteiger partial charge in [0.25, 0.3) is 17.5 Å². The number of β-lactam (4-membered cyclic amide) rings is 1. The summed E-state index contributed by atoms with van der Waals surface area (Å²) in [6.45, 7) is 4.50. The minimum Gasteiger partial charge on any atom is -0.484 e. The number of amides is 2. The van der Waals surface area contributed by atoms with Crippen LogP contribution in [-0.2, 0) is 19.1 Å². The number of esters is 1. The molecule has 2 amide bonds. The molecule has 0 spiro atoms. The van der Waals surface area contributed by atoms with E-state index in [2.05, 4.69) is 5.32 Å². The molecule has 1 aliphatic heterocycles. The van der Waals surface area contributed by atoms with E-state index >= 15 is 0 Å². The molecule has 2 aromatic rings. The Hall–Kier alpha value is -3.64. The number of nitrogens with zero attached hydrogens (tertiary/aromatic N) is 2. The first-order chi connectivity index (χ1) is 17.4. The zero-order valence-electron chi connectivity index (χ0n) is 20.1. The van der Waals surface area contributed by atoms with Crippen molar-refractivity contribution < 1.29 is 33.6 Å². The van der Waals surface area contributed by atoms with Gasteiger partial charge >= 0.3 is 5.97 Å². The molecule has 0 bridgehead atoms. The number of hydrogen-bond donors (Lipinski definition) is 1. The largest absolute Gasteiger partial charge is 0.484 e. The standard InChI is InChI=1S/C24H24ClN3O8S/c1-24(2,3)36-22(31)19(25)27-20(30)18(26-17(29)13-35-16-7-5-4-6-8-16)21(27)37-23(32)14-9-11-15(12-10-14)28(33)34/h4-12,18-19,21H,13H2,1-3H3,(H,26,29)/t18-,19?,21-/m0/s1. The number of ether oxygens (including phenoxy) is 2. The molecular weight excluding hydrogens is 526 g/mol. The van der Waals surface area contributed by atoms with Gasteiger partial charge < -0.3 is 14.8 Å². The van der Waals surface area contributed by atoms with Gasteiger partial charge in [-0.3, -0.25) is 29.4 Å². The van der Waals surface area contributed by atoms with E-state index in [0.717, 1.165) is 4.90 Å². The fraction of sp³-hybridized carbons (Fsp3) is 0.333. The number of halogens is 1. The number of para-hydroxylation sites is 1. The molecule has 0 radical (unpaired) electrons. The third kappa shape index (κ3) is 7.20. The van der Waals surface area contributed by atoms with E-state index < -0.39 is 56.9 Å². The Morgan fingerprint density at radius 3 is 2.32 bits per heavy atom. The zero-order valence-corrected chi connectivity index (χ0v) is 21.7. The molecule has 0 aliphatic carbocycles. The quantitative estimate of drug-likeness (QED) is 0.124. The van der Waals surface area contributed by atoms with Gasteiger partial charge in [-0.15, -0.1) is 0 Å². The normalized spacial score (nSPS) is 17.8. The second-order valence-corrected chi connectivity index (χ2v) is 10.4. The van der Waals surface area contributed by atoms with Gasteiger partial charge in [-0.25, -0.2) is 4.79 Å². The average Bonchev–Trinajstić information content (AvgIpc) is 2.85. The number of carbonyl (C=O) groups excluding carboxylic acids is 4. The molecule has 2 aromatic carbocycles. The van der Waals surface area contributed by atoms with Crippen molar-refractivity contribution in [2.24, 2.45) is 0 Å². The lowest BCUT2D eigenvalue weighted by Crippen LogP contribution is -2.72. The number of alkyl halides is 1. The first-order valence-electron chi connectivity index (χ1n) is 11.0. The van der Waals surface area contributed by atoms with Gasteiger partial charge in [-0.05, 0) is 45.0 Å². The summed E-state index contributed by atoms with van der Waals surface area (Å²) in [6.07, 6.45) is 0. The van der Waals surface area contributed by atoms with Crippen molar-refractivity contribution in [3.05, 3.63) is 70.3 Å². The van der Waals surface area contributed by atoms with Crippen LogP contribution < -0.4 is 10.1 Å². The molecule has 0 saturated carbocycles. The van der Waals surface area contributed by atoms with Crippen molar-refractivity contribution in [1.82, 2.24) is 10.2 Å². The maximum Gasteiger partial charge on any atom is 0.345 e. The summed E-state index contributed by atoms with van der Waals surface area (Å²) in [5.74, 6) is -1.76. The van der Waals surface area contributed by atoms with E-state index in [0.29, 0.717) is 17.5 Å². The molecule has 0 aromatic heterocycles. The van der Waals surface area contributed by atoms with Crippen molar-refractivity contribution in [2.75, 3.05) is 6.61 Å². The number of rotatable bonds is 9. The van der Waals surface area contributed by atoms with Crippen LogP contribution in [0.15, 0.2) is 54.6 Å². The molecule has 1 heterocycles. The minimum absolute atomic E-state index is 0.121. The third-order valence-electron chi connectivity index (χ3n) is 4.90. The topological polar surface area (TPSA) is 145 Å². The Labute approximate surface area is 221 Å². The maximum atomic E-state index is 12.9. The van der Waals surface area contributed by atoms with Crippen LogP contribution in [0.3, 0.4) is 0 Å². The molecular formula is C24H24ClN3O8S. The summed E-state index contributed by atoms with van der Waals surface area (Å²) in [7, 11) is 0. The highest BCUT2D eigenvalue weighted by molar-refractivity contribution is 8.14. The minimum atomic E-state index is -1.55. The van der Waals surface area contributed by atoms with Gasteiger partial charge in [0.05, 0.1) is 4.92 Å². The number of nitro benzene ring substituents is 1. The van der Waals surface area contributed by atoms with Gasteiger partial charge in [0, 0.05) is 17.7 Å². The highest BCUT2D eigenvalue weighted by atomic mass is 35.5. The Kier molecular flexibility index (Phi) is 8.77. The van der Waals surface area contributed by atoms with Gasteiger partial charge in [0.2, 0.25) is 10.6 Å². The molecule has 196 valence electrons. The van der Waals surface area contributed by atoms with E-state index in [-0.39, 0.29) is 11.3 Å². The average molecular weight is 550 g/mol. The van der Waals surface area contributed by atoms with Crippen LogP contribution in [0.4, 0.5) is 5.69 Å². The van der Waals surface area contributed by atoms with Gasteiger partial charge in [-0.2, -0.15) is 0 Å². The second-order valence-electron chi connectivity index (χ2n) is 8.86. The lowest BCUT2D eigenvalue weighted by atomic mass is 10.1. The number of hydrogen-bond acceptors (Lipinski definition) is 9. The lowest BCUT2D eigenvalue weighted by molar-refractivity contribution is -0.384. The van der Waals surface area contributed by atoms with Crippen molar-refractivity contribution >= 4 is 51.9 Å². The molecule has 37 heavy (non-hydrogen) atoms. The van der Waals surface area contributed by atoms with Crippen molar-refractivity contribution in [3.8, 4) is 5.75 Å². The molecule has 1 fully saturated rings. The van der Waals surface area contributed by atoms with E-state index in [1.165, 1.54) is 24.3 Å². The summed E-state index contributed by atoms with van der Waals surface area (Å²) in [4.78, 5) is 62.0. The molecule has 1 N–H and O–H groups in total. The molecule has 13 heteroatoms. The molecule has 11 nitrogen and oxygen atoms in total. The highest BCUT2D eigenvalue weighted by Crippen LogP contribution is 2.36. The van der Waals surface area contributed by atoms with Crippen LogP contribution in [0.25, 0.3) is 0 Å². The fourth-order valence-corrected chi connectivity index (χ4v) is 4.71. The van der Waals surface area contributed by atoms with Crippen LogP contribution in [0.1, 0.15) is 31.1 Å². The smallest absolute Gasteiger partial charge is 0.345 e. The van der Waals surface area contributed by atoms with Crippen molar-refractivity contribution in [3.63, 3.8) is 0 Å². The van der Waals surface area contributed by atoms with Gasteiger partial charge in [0.1, 0.15) is 22.8 Å². The number of carbonyl (C=O) groups is 4. The molecule has 1 unspecified atom stereocenters. The van der Waals surface area contributed by atoms with Crippen LogP contribution in [-0.4, -0.2) is 61.8 Å². The number of non-ortho nitro benzene ring substituents is 1. The predicted molar refractivity (Wildman–Crippen MR) is 135 cm³/mol. The summed E-state index contributed by atoms with van der Waals surface area (Å²) in [5, 5.41) is 11.8. The summed E-state index contributed by atoms with van der Waals surface area (Å²) >= 11 is 6.89. The van der Waals surface area contributed by atoms with Crippen LogP contribution >= 0.6 is 23.4 Å². The Morgan fingerprint density at radius 1 is 1.14 bits per heavy atom. The fourth-order valence-electron chi connectivity index (χ4n) is 3.23. The summed E-state index contributed by atoms with van der Waals surface area (Å²) in [5.41, 5.74) is -2.51. The number of benzene rings is 2. The number of likely N-dealkylation sites (tertiary alicyclic amines) is 1. The number of nitrogens with one attached hydrogen (secondary N) is 1. The Morgan fingerprint density at radius 2 is 1.76 bits per heavy atom. The summed E-state index contributed by atoms with van der Waals surface area (Å²) in [6, 6.07) is 12.3. The first kappa shape index (κ1) is 27.9. The van der Waals surface area contributed by atoms with Crippen LogP contribution in [0.5, 0.6) is 5.75 Å². The SMILES string of the molecule is CC(C)(C)OC(=O)C(Cl)N1C(=O)[C@H](NC(=O)COc2ccccc2)[C@@H]1SC(=O)c1ccc([N+](=O)[O-])cc1. The van der Waals surface area contributed by atoms with E-state index in [4.69, 9.17) is 21.1 Å². The summed E-state index contributed by atoms with van der Waals surface area (Å²) < 4.78 is 10.6. The molecule has 3 atom stereocenters. The Balaban J connectivity index is 1.75. The van der Waals surface area contributed by atoms with E-state index in [1.54, 1.807) is 51.1 Å².